The molecule has 1 unspecified atom stereocenters. The summed E-state index contributed by atoms with van der Waals surface area (Å²) in [5, 5.41) is 6.01. The molecule has 112 valence electrons. The van der Waals surface area contributed by atoms with E-state index in [9.17, 15) is 4.79 Å². The van der Waals surface area contributed by atoms with E-state index in [1.807, 2.05) is 31.2 Å². The highest BCUT2D eigenvalue weighted by Crippen LogP contribution is 2.12. The second-order valence-corrected chi connectivity index (χ2v) is 4.56. The fourth-order valence-electron chi connectivity index (χ4n) is 1.78. The van der Waals surface area contributed by atoms with Gasteiger partial charge in [-0.3, -0.25) is 4.79 Å². The number of carbonyl (C=O) groups is 1. The van der Waals surface area contributed by atoms with Crippen LogP contribution in [-0.2, 0) is 16.0 Å². The van der Waals surface area contributed by atoms with Crippen molar-refractivity contribution in [2.24, 2.45) is 0 Å². The van der Waals surface area contributed by atoms with E-state index >= 15 is 0 Å². The number of rotatable bonds is 9. The first-order valence-corrected chi connectivity index (χ1v) is 6.80. The van der Waals surface area contributed by atoms with Crippen LogP contribution < -0.4 is 15.4 Å². The summed E-state index contributed by atoms with van der Waals surface area (Å²) in [4.78, 5) is 11.7. The minimum atomic E-state index is -0.211. The van der Waals surface area contributed by atoms with Crippen molar-refractivity contribution < 1.29 is 14.3 Å². The Balaban J connectivity index is 2.26. The zero-order valence-electron chi connectivity index (χ0n) is 12.4. The van der Waals surface area contributed by atoms with Crippen molar-refractivity contribution in [1.82, 2.24) is 10.6 Å². The quantitative estimate of drug-likeness (QED) is 0.662. The lowest BCUT2D eigenvalue weighted by atomic mass is 10.1. The number of nitrogens with one attached hydrogen (secondary N) is 2. The minimum Gasteiger partial charge on any atom is -0.497 e. The van der Waals surface area contributed by atoms with Gasteiger partial charge in [0.05, 0.1) is 19.8 Å². The molecule has 2 N–H and O–H groups in total. The fourth-order valence-corrected chi connectivity index (χ4v) is 1.78. The molecule has 0 bridgehead atoms. The van der Waals surface area contributed by atoms with Crippen molar-refractivity contribution in [1.29, 1.82) is 0 Å². The topological polar surface area (TPSA) is 59.6 Å². The van der Waals surface area contributed by atoms with Gasteiger partial charge in [0.2, 0.25) is 5.91 Å². The standard InChI is InChI=1S/C15H24N2O3/c1-12(15(18)17-9-10-19-2)16-8-7-13-5-4-6-14(11-13)20-3/h4-6,11-12,16H,7-10H2,1-3H3,(H,17,18). The Morgan fingerprint density at radius 1 is 1.30 bits per heavy atom. The van der Waals surface area contributed by atoms with Crippen molar-refractivity contribution >= 4 is 5.91 Å². The van der Waals surface area contributed by atoms with Gasteiger partial charge in [0.15, 0.2) is 0 Å². The average Bonchev–Trinajstić information content (AvgIpc) is 2.47. The van der Waals surface area contributed by atoms with E-state index in [4.69, 9.17) is 9.47 Å². The van der Waals surface area contributed by atoms with Gasteiger partial charge in [-0.25, -0.2) is 0 Å². The zero-order valence-corrected chi connectivity index (χ0v) is 12.4. The van der Waals surface area contributed by atoms with Crippen LogP contribution in [0.5, 0.6) is 5.75 Å². The van der Waals surface area contributed by atoms with E-state index in [1.165, 1.54) is 5.56 Å². The maximum atomic E-state index is 11.7. The number of hydrogen-bond acceptors (Lipinski definition) is 4. The molecular formula is C15H24N2O3. The number of benzene rings is 1. The van der Waals surface area contributed by atoms with Crippen LogP contribution in [0.15, 0.2) is 24.3 Å². The lowest BCUT2D eigenvalue weighted by molar-refractivity contribution is -0.122. The minimum absolute atomic E-state index is 0.00677. The van der Waals surface area contributed by atoms with Crippen LogP contribution in [0.4, 0.5) is 0 Å². The number of ether oxygens (including phenoxy) is 2. The van der Waals surface area contributed by atoms with Gasteiger partial charge in [-0.05, 0) is 37.6 Å². The fraction of sp³-hybridized carbons (Fsp3) is 0.533. The zero-order chi connectivity index (χ0) is 14.8. The van der Waals surface area contributed by atoms with Crippen molar-refractivity contribution in [3.8, 4) is 5.75 Å². The average molecular weight is 280 g/mol. The van der Waals surface area contributed by atoms with Crippen LogP contribution >= 0.6 is 0 Å². The third-order valence-corrected chi connectivity index (χ3v) is 3.00. The number of methoxy groups -OCH3 is 2. The molecule has 1 aromatic carbocycles. The Kier molecular flexibility index (Phi) is 7.69. The van der Waals surface area contributed by atoms with Gasteiger partial charge in [-0.2, -0.15) is 0 Å². The summed E-state index contributed by atoms with van der Waals surface area (Å²) in [6.07, 6.45) is 0.854. The largest absolute Gasteiger partial charge is 0.497 e. The Labute approximate surface area is 120 Å². The molecule has 0 saturated heterocycles. The predicted molar refractivity (Wildman–Crippen MR) is 79.0 cm³/mol. The summed E-state index contributed by atoms with van der Waals surface area (Å²) in [6.45, 7) is 3.67. The highest BCUT2D eigenvalue weighted by Gasteiger charge is 2.10. The van der Waals surface area contributed by atoms with Gasteiger partial charge in [-0.1, -0.05) is 12.1 Å². The van der Waals surface area contributed by atoms with Crippen LogP contribution in [0.25, 0.3) is 0 Å². The second kappa shape index (κ2) is 9.34. The summed E-state index contributed by atoms with van der Waals surface area (Å²) >= 11 is 0. The Bertz CT molecular complexity index is 410. The van der Waals surface area contributed by atoms with E-state index in [0.29, 0.717) is 13.2 Å². The van der Waals surface area contributed by atoms with E-state index in [1.54, 1.807) is 14.2 Å². The van der Waals surface area contributed by atoms with E-state index in [-0.39, 0.29) is 11.9 Å². The first-order valence-electron chi connectivity index (χ1n) is 6.80. The molecular weight excluding hydrogens is 256 g/mol. The third kappa shape index (κ3) is 6.04. The lowest BCUT2D eigenvalue weighted by Gasteiger charge is -2.14. The van der Waals surface area contributed by atoms with Gasteiger partial charge in [0.1, 0.15) is 5.75 Å². The summed E-state index contributed by atoms with van der Waals surface area (Å²) in [6, 6.07) is 7.73. The summed E-state index contributed by atoms with van der Waals surface area (Å²) in [7, 11) is 3.27. The predicted octanol–water partition coefficient (Wildman–Crippen LogP) is 0.978. The molecule has 0 spiro atoms. The van der Waals surface area contributed by atoms with Crippen LogP contribution in [-0.4, -0.2) is 45.9 Å². The maximum absolute atomic E-state index is 11.7. The molecule has 0 saturated carbocycles. The molecule has 1 rings (SSSR count). The number of carbonyl (C=O) groups excluding carboxylic acids is 1. The first kappa shape index (κ1) is 16.5. The summed E-state index contributed by atoms with van der Waals surface area (Å²) in [5.74, 6) is 0.848. The SMILES string of the molecule is COCCNC(=O)C(C)NCCc1cccc(OC)c1. The maximum Gasteiger partial charge on any atom is 0.236 e. The van der Waals surface area contributed by atoms with E-state index < -0.39 is 0 Å². The molecule has 0 aliphatic rings. The highest BCUT2D eigenvalue weighted by atomic mass is 16.5. The Hall–Kier alpha value is -1.59. The molecule has 1 atom stereocenters. The monoisotopic (exact) mass is 280 g/mol. The summed E-state index contributed by atoms with van der Waals surface area (Å²) < 4.78 is 10.1. The first-order chi connectivity index (χ1) is 9.67. The van der Waals surface area contributed by atoms with Gasteiger partial charge in [-0.15, -0.1) is 0 Å². The van der Waals surface area contributed by atoms with Crippen LogP contribution in [0.1, 0.15) is 12.5 Å². The third-order valence-electron chi connectivity index (χ3n) is 3.00. The molecule has 0 radical (unpaired) electrons. The van der Waals surface area contributed by atoms with Crippen molar-refractivity contribution in [3.05, 3.63) is 29.8 Å². The van der Waals surface area contributed by atoms with Gasteiger partial charge >= 0.3 is 0 Å². The molecule has 0 aromatic heterocycles. The lowest BCUT2D eigenvalue weighted by Crippen LogP contribution is -2.43. The number of amides is 1. The van der Waals surface area contributed by atoms with Crippen LogP contribution in [0.2, 0.25) is 0 Å². The van der Waals surface area contributed by atoms with Crippen molar-refractivity contribution in [3.63, 3.8) is 0 Å². The van der Waals surface area contributed by atoms with E-state index in [2.05, 4.69) is 10.6 Å². The molecule has 0 fully saturated rings. The van der Waals surface area contributed by atoms with Gasteiger partial charge < -0.3 is 20.1 Å². The molecule has 5 heteroatoms. The number of hydrogen-bond donors (Lipinski definition) is 2. The second-order valence-electron chi connectivity index (χ2n) is 4.56. The van der Waals surface area contributed by atoms with Gasteiger partial charge in [0, 0.05) is 13.7 Å². The van der Waals surface area contributed by atoms with Crippen LogP contribution in [0, 0.1) is 0 Å². The molecule has 0 aliphatic heterocycles. The smallest absolute Gasteiger partial charge is 0.236 e. The molecule has 0 aliphatic carbocycles. The van der Waals surface area contributed by atoms with Gasteiger partial charge in [0.25, 0.3) is 0 Å². The molecule has 1 aromatic rings. The van der Waals surface area contributed by atoms with Crippen LogP contribution in [0.3, 0.4) is 0 Å². The Morgan fingerprint density at radius 3 is 2.80 bits per heavy atom. The van der Waals surface area contributed by atoms with Crippen molar-refractivity contribution in [2.45, 2.75) is 19.4 Å². The van der Waals surface area contributed by atoms with E-state index in [0.717, 1.165) is 18.7 Å². The molecule has 20 heavy (non-hydrogen) atoms. The van der Waals surface area contributed by atoms with Crippen molar-refractivity contribution in [2.75, 3.05) is 33.9 Å². The highest BCUT2D eigenvalue weighted by molar-refractivity contribution is 5.81. The molecule has 5 nitrogen and oxygen atoms in total. The molecule has 0 heterocycles. The summed E-state index contributed by atoms with van der Waals surface area (Å²) in [5.41, 5.74) is 1.18. The Morgan fingerprint density at radius 2 is 2.10 bits per heavy atom. The molecule has 1 amide bonds. The normalized spacial score (nSPS) is 11.9.